The second-order valence-electron chi connectivity index (χ2n) is 7.12. The first-order valence-electron chi connectivity index (χ1n) is 9.24. The van der Waals surface area contributed by atoms with Crippen molar-refractivity contribution in [3.63, 3.8) is 0 Å². The van der Waals surface area contributed by atoms with Crippen molar-refractivity contribution in [3.05, 3.63) is 58.7 Å². The second-order valence-corrected chi connectivity index (χ2v) is 7.12. The molecule has 2 rings (SSSR count). The van der Waals surface area contributed by atoms with E-state index in [2.05, 4.69) is 10.6 Å². The van der Waals surface area contributed by atoms with Crippen LogP contribution in [0.25, 0.3) is 0 Å². The molecule has 0 atom stereocenters. The summed E-state index contributed by atoms with van der Waals surface area (Å²) in [7, 11) is 3.49. The van der Waals surface area contributed by atoms with Crippen LogP contribution in [-0.2, 0) is 16.1 Å². The third kappa shape index (κ3) is 6.39. The summed E-state index contributed by atoms with van der Waals surface area (Å²) in [5.74, 6) is 0.352. The Kier molecular flexibility index (Phi) is 7.58. The van der Waals surface area contributed by atoms with Gasteiger partial charge in [-0.15, -0.1) is 0 Å². The number of hydrogen-bond acceptors (Lipinski definition) is 4. The largest absolute Gasteiger partial charge is 0.497 e. The first kappa shape index (κ1) is 21.4. The lowest BCUT2D eigenvalue weighted by atomic mass is 10.1. The molecule has 0 fully saturated rings. The number of ether oxygens (including phenoxy) is 1. The zero-order chi connectivity index (χ0) is 20.7. The van der Waals surface area contributed by atoms with Crippen LogP contribution in [0.2, 0.25) is 0 Å². The van der Waals surface area contributed by atoms with Crippen molar-refractivity contribution < 1.29 is 14.3 Å². The lowest BCUT2D eigenvalue weighted by Crippen LogP contribution is -2.39. The lowest BCUT2D eigenvalue weighted by molar-refractivity contribution is -0.124. The van der Waals surface area contributed by atoms with Gasteiger partial charge in [0.25, 0.3) is 0 Å². The molecule has 0 spiro atoms. The average molecular weight is 383 g/mol. The Morgan fingerprint density at radius 1 is 1.04 bits per heavy atom. The minimum Gasteiger partial charge on any atom is -0.497 e. The third-order valence-corrected chi connectivity index (χ3v) is 4.39. The van der Waals surface area contributed by atoms with Crippen LogP contribution in [0.4, 0.5) is 5.69 Å². The van der Waals surface area contributed by atoms with Gasteiger partial charge in [0.05, 0.1) is 20.2 Å². The van der Waals surface area contributed by atoms with Gasteiger partial charge in [-0.3, -0.25) is 14.5 Å². The molecule has 2 aromatic rings. The maximum atomic E-state index is 12.2. The molecule has 0 bridgehead atoms. The molecule has 0 saturated heterocycles. The van der Waals surface area contributed by atoms with E-state index in [1.165, 1.54) is 0 Å². The summed E-state index contributed by atoms with van der Waals surface area (Å²) < 4.78 is 5.21. The summed E-state index contributed by atoms with van der Waals surface area (Å²) in [4.78, 5) is 26.2. The van der Waals surface area contributed by atoms with Crippen LogP contribution in [-0.4, -0.2) is 44.0 Å². The maximum absolute atomic E-state index is 12.2. The number of methoxy groups -OCH3 is 1. The Hall–Kier alpha value is -2.86. The van der Waals surface area contributed by atoms with Crippen LogP contribution in [0.1, 0.15) is 22.3 Å². The zero-order valence-corrected chi connectivity index (χ0v) is 17.3. The number of benzene rings is 2. The van der Waals surface area contributed by atoms with E-state index >= 15 is 0 Å². The van der Waals surface area contributed by atoms with E-state index in [1.807, 2.05) is 69.1 Å². The summed E-state index contributed by atoms with van der Waals surface area (Å²) in [5.41, 5.74) is 5.03. The molecule has 2 aromatic carbocycles. The van der Waals surface area contributed by atoms with Crippen LogP contribution in [0.15, 0.2) is 36.4 Å². The highest BCUT2D eigenvalue weighted by Crippen LogP contribution is 2.21. The molecule has 2 amide bonds. The van der Waals surface area contributed by atoms with E-state index in [0.717, 1.165) is 33.7 Å². The number of aryl methyl sites for hydroxylation is 3. The van der Waals surface area contributed by atoms with E-state index in [1.54, 1.807) is 7.11 Å². The molecule has 0 heterocycles. The van der Waals surface area contributed by atoms with Gasteiger partial charge in [0.15, 0.2) is 0 Å². The highest BCUT2D eigenvalue weighted by atomic mass is 16.5. The molecule has 0 aliphatic heterocycles. The van der Waals surface area contributed by atoms with E-state index < -0.39 is 0 Å². The van der Waals surface area contributed by atoms with Gasteiger partial charge in [-0.2, -0.15) is 0 Å². The topological polar surface area (TPSA) is 70.7 Å². The van der Waals surface area contributed by atoms with Gasteiger partial charge in [0.2, 0.25) is 11.8 Å². The van der Waals surface area contributed by atoms with Crippen LogP contribution >= 0.6 is 0 Å². The summed E-state index contributed by atoms with van der Waals surface area (Å²) >= 11 is 0. The molecule has 2 N–H and O–H groups in total. The van der Waals surface area contributed by atoms with E-state index in [0.29, 0.717) is 6.54 Å². The summed E-state index contributed by atoms with van der Waals surface area (Å²) in [6, 6.07) is 11.8. The van der Waals surface area contributed by atoms with Gasteiger partial charge in [0.1, 0.15) is 5.75 Å². The fourth-order valence-electron chi connectivity index (χ4n) is 3.18. The van der Waals surface area contributed by atoms with Gasteiger partial charge < -0.3 is 15.4 Å². The van der Waals surface area contributed by atoms with Crippen molar-refractivity contribution >= 4 is 17.5 Å². The predicted octanol–water partition coefficient (Wildman–Crippen LogP) is 2.81. The number of carbonyl (C=O) groups excluding carboxylic acids is 2. The van der Waals surface area contributed by atoms with E-state index in [9.17, 15) is 9.59 Å². The molecule has 0 aromatic heterocycles. The normalized spacial score (nSPS) is 10.6. The number of likely N-dealkylation sites (N-methyl/N-ethyl adjacent to an activating group) is 1. The van der Waals surface area contributed by atoms with Gasteiger partial charge in [-0.25, -0.2) is 0 Å². The molecule has 6 heteroatoms. The van der Waals surface area contributed by atoms with Crippen LogP contribution in [0.5, 0.6) is 5.75 Å². The van der Waals surface area contributed by atoms with Crippen LogP contribution in [0, 0.1) is 20.8 Å². The molecular formula is C22H29N3O3. The monoisotopic (exact) mass is 383 g/mol. The molecule has 28 heavy (non-hydrogen) atoms. The fraction of sp³-hybridized carbons (Fsp3) is 0.364. The Morgan fingerprint density at radius 3 is 2.36 bits per heavy atom. The quantitative estimate of drug-likeness (QED) is 0.735. The smallest absolute Gasteiger partial charge is 0.243 e. The Labute approximate surface area is 166 Å². The summed E-state index contributed by atoms with van der Waals surface area (Å²) in [6.45, 7) is 6.70. The highest BCUT2D eigenvalue weighted by molar-refractivity contribution is 5.96. The molecular weight excluding hydrogens is 354 g/mol. The Bertz CT molecular complexity index is 826. The SMILES string of the molecule is COc1cccc(CN(C)CC(=O)NCC(=O)Nc2c(C)cc(C)cc2C)c1. The Balaban J connectivity index is 1.80. The summed E-state index contributed by atoms with van der Waals surface area (Å²) in [6.07, 6.45) is 0. The number of nitrogens with one attached hydrogen (secondary N) is 2. The summed E-state index contributed by atoms with van der Waals surface area (Å²) in [5, 5.41) is 5.56. The van der Waals surface area contributed by atoms with Crippen molar-refractivity contribution in [2.45, 2.75) is 27.3 Å². The molecule has 0 saturated carbocycles. The molecule has 0 aliphatic carbocycles. The number of carbonyl (C=O) groups is 2. The fourth-order valence-corrected chi connectivity index (χ4v) is 3.18. The molecule has 6 nitrogen and oxygen atoms in total. The van der Waals surface area contributed by atoms with Crippen molar-refractivity contribution in [3.8, 4) is 5.75 Å². The van der Waals surface area contributed by atoms with Crippen molar-refractivity contribution in [2.75, 3.05) is 32.6 Å². The number of anilines is 1. The number of amides is 2. The molecule has 0 radical (unpaired) electrons. The van der Waals surface area contributed by atoms with Crippen LogP contribution < -0.4 is 15.4 Å². The second kappa shape index (κ2) is 9.90. The van der Waals surface area contributed by atoms with Gasteiger partial charge in [-0.1, -0.05) is 29.8 Å². The van der Waals surface area contributed by atoms with E-state index in [-0.39, 0.29) is 24.9 Å². The van der Waals surface area contributed by atoms with E-state index in [4.69, 9.17) is 4.74 Å². The van der Waals surface area contributed by atoms with Crippen molar-refractivity contribution in [2.24, 2.45) is 0 Å². The number of nitrogens with zero attached hydrogens (tertiary/aromatic N) is 1. The predicted molar refractivity (Wildman–Crippen MR) is 112 cm³/mol. The minimum atomic E-state index is -0.237. The van der Waals surface area contributed by atoms with Crippen LogP contribution in [0.3, 0.4) is 0 Å². The molecule has 0 unspecified atom stereocenters. The maximum Gasteiger partial charge on any atom is 0.243 e. The highest BCUT2D eigenvalue weighted by Gasteiger charge is 2.11. The van der Waals surface area contributed by atoms with Crippen molar-refractivity contribution in [1.29, 1.82) is 0 Å². The minimum absolute atomic E-state index is 0.0570. The number of hydrogen-bond donors (Lipinski definition) is 2. The standard InChI is InChI=1S/C22H29N3O3/c1-15-9-16(2)22(17(3)10-15)24-20(26)12-23-21(27)14-25(4)13-18-7-6-8-19(11-18)28-5/h6-11H,12-14H2,1-5H3,(H,23,27)(H,24,26). The Morgan fingerprint density at radius 2 is 1.71 bits per heavy atom. The molecule has 150 valence electrons. The van der Waals surface area contributed by atoms with Crippen molar-refractivity contribution in [1.82, 2.24) is 10.2 Å². The first-order valence-corrected chi connectivity index (χ1v) is 9.24. The average Bonchev–Trinajstić information content (AvgIpc) is 2.63. The van der Waals surface area contributed by atoms with Gasteiger partial charge in [0, 0.05) is 12.2 Å². The number of rotatable bonds is 8. The van der Waals surface area contributed by atoms with Gasteiger partial charge in [-0.05, 0) is 56.6 Å². The van der Waals surface area contributed by atoms with Gasteiger partial charge >= 0.3 is 0 Å². The zero-order valence-electron chi connectivity index (χ0n) is 17.3. The lowest BCUT2D eigenvalue weighted by Gasteiger charge is -2.17. The first-order chi connectivity index (χ1) is 13.3. The molecule has 0 aliphatic rings. The third-order valence-electron chi connectivity index (χ3n) is 4.39.